The molecule has 1 atom stereocenters. The Balaban J connectivity index is 1.82. The molecule has 19 heavy (non-hydrogen) atoms. The Hall–Kier alpha value is -1.88. The predicted molar refractivity (Wildman–Crippen MR) is 73.6 cm³/mol. The van der Waals surface area contributed by atoms with Crippen molar-refractivity contribution in [2.45, 2.75) is 19.4 Å². The summed E-state index contributed by atoms with van der Waals surface area (Å²) in [6.45, 7) is 2.48. The number of rotatable bonds is 2. The molecule has 4 nitrogen and oxygen atoms in total. The lowest BCUT2D eigenvalue weighted by atomic mass is 10.0. The quantitative estimate of drug-likeness (QED) is 0.916. The number of fused-ring (bicyclic) bond motifs is 1. The van der Waals surface area contributed by atoms with E-state index in [1.165, 1.54) is 11.3 Å². The van der Waals surface area contributed by atoms with Gasteiger partial charge in [-0.3, -0.25) is 4.79 Å². The fourth-order valence-corrected chi connectivity index (χ4v) is 2.94. The maximum Gasteiger partial charge on any atom is 0.263 e. The van der Waals surface area contributed by atoms with Gasteiger partial charge in [0, 0.05) is 12.0 Å². The van der Waals surface area contributed by atoms with Crippen LogP contribution in [0.4, 0.5) is 0 Å². The molecule has 0 bridgehead atoms. The Morgan fingerprint density at radius 3 is 3.11 bits per heavy atom. The third-order valence-electron chi connectivity index (χ3n) is 3.22. The summed E-state index contributed by atoms with van der Waals surface area (Å²) in [6.07, 6.45) is 0.792. The van der Waals surface area contributed by atoms with Crippen molar-refractivity contribution in [3.63, 3.8) is 0 Å². The monoisotopic (exact) mass is 274 g/mol. The van der Waals surface area contributed by atoms with Crippen LogP contribution < -0.4 is 10.1 Å². The molecule has 2 aromatic rings. The van der Waals surface area contributed by atoms with Gasteiger partial charge in [-0.1, -0.05) is 18.2 Å². The van der Waals surface area contributed by atoms with Gasteiger partial charge >= 0.3 is 0 Å². The lowest BCUT2D eigenvalue weighted by Crippen LogP contribution is -2.32. The van der Waals surface area contributed by atoms with Gasteiger partial charge in [0.15, 0.2) is 0 Å². The highest BCUT2D eigenvalue weighted by molar-refractivity contribution is 7.11. The summed E-state index contributed by atoms with van der Waals surface area (Å²) in [4.78, 5) is 17.0. The number of carbonyl (C=O) groups excluding carboxylic acids is 1. The molecular formula is C14H14N2O2S. The highest BCUT2D eigenvalue weighted by atomic mass is 32.1. The van der Waals surface area contributed by atoms with Crippen molar-refractivity contribution in [3.05, 3.63) is 45.9 Å². The van der Waals surface area contributed by atoms with Crippen LogP contribution in [-0.2, 0) is 0 Å². The van der Waals surface area contributed by atoms with Gasteiger partial charge in [-0.05, 0) is 13.0 Å². The fourth-order valence-electron chi connectivity index (χ4n) is 2.24. The molecule has 1 aliphatic heterocycles. The van der Waals surface area contributed by atoms with E-state index in [9.17, 15) is 4.79 Å². The second kappa shape index (κ2) is 5.01. The summed E-state index contributed by atoms with van der Waals surface area (Å²) >= 11 is 1.37. The largest absolute Gasteiger partial charge is 0.493 e. The first-order valence-electron chi connectivity index (χ1n) is 6.18. The van der Waals surface area contributed by atoms with Crippen LogP contribution in [0, 0.1) is 6.92 Å². The first-order chi connectivity index (χ1) is 9.25. The standard InChI is InChI=1S/C14H14N2O2S/c1-9-13(19-8-15-9)14(17)16-11-6-7-18-12-5-3-2-4-10(11)12/h2-5,8,11H,6-7H2,1H3,(H,16,17)/t11-/m1/s1. The van der Waals surface area contributed by atoms with E-state index in [-0.39, 0.29) is 11.9 Å². The molecule has 0 radical (unpaired) electrons. The van der Waals surface area contributed by atoms with Crippen LogP contribution in [0.3, 0.4) is 0 Å². The van der Waals surface area contributed by atoms with Crippen molar-refractivity contribution in [2.75, 3.05) is 6.61 Å². The van der Waals surface area contributed by atoms with E-state index in [2.05, 4.69) is 10.3 Å². The van der Waals surface area contributed by atoms with Crippen LogP contribution in [0.2, 0.25) is 0 Å². The molecule has 2 heterocycles. The van der Waals surface area contributed by atoms with Crippen molar-refractivity contribution in [3.8, 4) is 5.75 Å². The third-order valence-corrected chi connectivity index (χ3v) is 4.14. The van der Waals surface area contributed by atoms with Crippen molar-refractivity contribution < 1.29 is 9.53 Å². The molecule has 5 heteroatoms. The summed E-state index contributed by atoms with van der Waals surface area (Å²) in [5.41, 5.74) is 3.52. The van der Waals surface area contributed by atoms with E-state index in [0.717, 1.165) is 23.4 Å². The molecule has 0 spiro atoms. The first-order valence-corrected chi connectivity index (χ1v) is 7.06. The number of benzene rings is 1. The van der Waals surface area contributed by atoms with Crippen LogP contribution in [0.15, 0.2) is 29.8 Å². The van der Waals surface area contributed by atoms with Crippen LogP contribution in [0.1, 0.15) is 33.4 Å². The molecule has 1 aliphatic rings. The number of hydrogen-bond donors (Lipinski definition) is 1. The molecule has 0 saturated carbocycles. The van der Waals surface area contributed by atoms with E-state index in [1.807, 2.05) is 31.2 Å². The van der Waals surface area contributed by atoms with E-state index in [4.69, 9.17) is 4.74 Å². The average molecular weight is 274 g/mol. The van der Waals surface area contributed by atoms with Crippen molar-refractivity contribution >= 4 is 17.2 Å². The SMILES string of the molecule is Cc1ncsc1C(=O)N[C@@H]1CCOc2ccccc21. The van der Waals surface area contributed by atoms with E-state index in [1.54, 1.807) is 5.51 Å². The Bertz CT molecular complexity index is 609. The smallest absolute Gasteiger partial charge is 0.263 e. The van der Waals surface area contributed by atoms with Crippen LogP contribution in [0.25, 0.3) is 0 Å². The minimum absolute atomic E-state index is 0.0129. The Morgan fingerprint density at radius 2 is 2.32 bits per heavy atom. The van der Waals surface area contributed by atoms with Crippen molar-refractivity contribution in [2.24, 2.45) is 0 Å². The van der Waals surface area contributed by atoms with E-state index >= 15 is 0 Å². The number of nitrogens with zero attached hydrogens (tertiary/aromatic N) is 1. The highest BCUT2D eigenvalue weighted by Gasteiger charge is 2.24. The molecule has 0 aliphatic carbocycles. The minimum atomic E-state index is -0.0540. The number of nitrogens with one attached hydrogen (secondary N) is 1. The minimum Gasteiger partial charge on any atom is -0.493 e. The van der Waals surface area contributed by atoms with E-state index in [0.29, 0.717) is 11.5 Å². The topological polar surface area (TPSA) is 51.2 Å². The molecule has 0 unspecified atom stereocenters. The summed E-state index contributed by atoms with van der Waals surface area (Å²) in [5.74, 6) is 0.807. The number of amides is 1. The molecule has 3 rings (SSSR count). The Morgan fingerprint density at radius 1 is 1.47 bits per heavy atom. The second-order valence-corrected chi connectivity index (χ2v) is 5.32. The van der Waals surface area contributed by atoms with Gasteiger partial charge in [-0.25, -0.2) is 4.98 Å². The number of aromatic nitrogens is 1. The highest BCUT2D eigenvalue weighted by Crippen LogP contribution is 2.31. The first kappa shape index (κ1) is 12.2. The van der Waals surface area contributed by atoms with Gasteiger partial charge in [0.2, 0.25) is 0 Å². The molecule has 1 aromatic carbocycles. The summed E-state index contributed by atoms with van der Waals surface area (Å²) in [7, 11) is 0. The maximum absolute atomic E-state index is 12.2. The second-order valence-electron chi connectivity index (χ2n) is 4.47. The molecule has 1 N–H and O–H groups in total. The number of carbonyl (C=O) groups is 1. The van der Waals surface area contributed by atoms with Crippen molar-refractivity contribution in [1.29, 1.82) is 0 Å². The summed E-state index contributed by atoms with van der Waals surface area (Å²) < 4.78 is 5.59. The van der Waals surface area contributed by atoms with Gasteiger partial charge in [0.25, 0.3) is 5.91 Å². The molecule has 0 fully saturated rings. The van der Waals surface area contributed by atoms with Crippen LogP contribution in [-0.4, -0.2) is 17.5 Å². The van der Waals surface area contributed by atoms with E-state index < -0.39 is 0 Å². The van der Waals surface area contributed by atoms with Gasteiger partial charge in [-0.2, -0.15) is 0 Å². The number of ether oxygens (including phenoxy) is 1. The number of hydrogen-bond acceptors (Lipinski definition) is 4. The summed E-state index contributed by atoms with van der Waals surface area (Å²) in [5, 5.41) is 3.07. The Kier molecular flexibility index (Phi) is 3.21. The molecule has 98 valence electrons. The predicted octanol–water partition coefficient (Wildman–Crippen LogP) is 2.71. The van der Waals surface area contributed by atoms with Crippen LogP contribution >= 0.6 is 11.3 Å². The average Bonchev–Trinajstić information content (AvgIpc) is 2.85. The fraction of sp³-hybridized carbons (Fsp3) is 0.286. The zero-order chi connectivity index (χ0) is 13.2. The Labute approximate surface area is 115 Å². The zero-order valence-corrected chi connectivity index (χ0v) is 11.4. The molecule has 1 amide bonds. The molecule has 0 saturated heterocycles. The zero-order valence-electron chi connectivity index (χ0n) is 10.6. The number of aryl methyl sites for hydroxylation is 1. The maximum atomic E-state index is 12.2. The van der Waals surface area contributed by atoms with Gasteiger partial charge in [0.1, 0.15) is 10.6 Å². The van der Waals surface area contributed by atoms with Gasteiger partial charge in [0.05, 0.1) is 23.9 Å². The third kappa shape index (κ3) is 2.33. The summed E-state index contributed by atoms with van der Waals surface area (Å²) in [6, 6.07) is 7.85. The lowest BCUT2D eigenvalue weighted by Gasteiger charge is -2.26. The number of para-hydroxylation sites is 1. The van der Waals surface area contributed by atoms with Gasteiger partial charge in [-0.15, -0.1) is 11.3 Å². The van der Waals surface area contributed by atoms with Crippen LogP contribution in [0.5, 0.6) is 5.75 Å². The molecule has 1 aromatic heterocycles. The lowest BCUT2D eigenvalue weighted by molar-refractivity contribution is 0.0928. The molecular weight excluding hydrogens is 260 g/mol. The number of thiazole rings is 1. The van der Waals surface area contributed by atoms with Gasteiger partial charge < -0.3 is 10.1 Å². The normalized spacial score (nSPS) is 17.4. The van der Waals surface area contributed by atoms with Crippen molar-refractivity contribution in [1.82, 2.24) is 10.3 Å².